The molecule has 0 aliphatic carbocycles. The molecule has 2 aromatic carbocycles. The van der Waals surface area contributed by atoms with Gasteiger partial charge in [0.2, 0.25) is 0 Å². The second kappa shape index (κ2) is 11.5. The topological polar surface area (TPSA) is 121 Å². The Morgan fingerprint density at radius 1 is 1.09 bits per heavy atom. The molecule has 1 aliphatic heterocycles. The highest BCUT2D eigenvalue weighted by atomic mass is 32.1. The molecule has 1 N–H and O–H groups in total. The first-order chi connectivity index (χ1) is 21.0. The molecule has 6 rings (SSSR count). The first-order valence-corrected chi connectivity index (χ1v) is 14.3. The minimum Gasteiger partial charge on any atom is -0.478 e. The second-order valence-corrected chi connectivity index (χ2v) is 12.0. The van der Waals surface area contributed by atoms with Crippen molar-refractivity contribution < 1.29 is 37.3 Å². The van der Waals surface area contributed by atoms with Crippen LogP contribution in [0.3, 0.4) is 0 Å². The van der Waals surface area contributed by atoms with Gasteiger partial charge in [-0.2, -0.15) is 0 Å². The number of methoxy groups -OCH3 is 1. The van der Waals surface area contributed by atoms with Gasteiger partial charge >= 0.3 is 5.97 Å². The Morgan fingerprint density at radius 3 is 2.61 bits per heavy atom. The van der Waals surface area contributed by atoms with Crippen molar-refractivity contribution in [2.75, 3.05) is 20.3 Å². The zero-order chi connectivity index (χ0) is 31.2. The van der Waals surface area contributed by atoms with Crippen LogP contribution in [0.25, 0.3) is 22.3 Å². The highest BCUT2D eigenvalue weighted by Crippen LogP contribution is 2.40. The van der Waals surface area contributed by atoms with E-state index >= 15 is 8.78 Å². The summed E-state index contributed by atoms with van der Waals surface area (Å²) in [6.45, 7) is 4.72. The summed E-state index contributed by atoms with van der Waals surface area (Å²) in [6, 6.07) is 8.72. The van der Waals surface area contributed by atoms with Crippen LogP contribution in [0.1, 0.15) is 46.6 Å². The molecule has 4 heterocycles. The summed E-state index contributed by atoms with van der Waals surface area (Å²) in [5, 5.41) is 17.9. The van der Waals surface area contributed by atoms with Crippen LogP contribution in [0.15, 0.2) is 42.5 Å². The molecule has 0 bridgehead atoms. The fraction of sp³-hybridized carbons (Fsp3) is 0.300. The van der Waals surface area contributed by atoms with Crippen LogP contribution in [0, 0.1) is 22.9 Å². The van der Waals surface area contributed by atoms with E-state index in [4.69, 9.17) is 14.2 Å². The Balaban J connectivity index is 1.33. The molecule has 0 radical (unpaired) electrons. The van der Waals surface area contributed by atoms with Gasteiger partial charge in [-0.1, -0.05) is 30.3 Å². The highest BCUT2D eigenvalue weighted by molar-refractivity contribution is 7.13. The van der Waals surface area contributed by atoms with Gasteiger partial charge in [0, 0.05) is 17.4 Å². The third kappa shape index (κ3) is 5.57. The summed E-state index contributed by atoms with van der Waals surface area (Å²) >= 11 is 1.11. The Morgan fingerprint density at radius 2 is 1.91 bits per heavy atom. The molecule has 14 heteroatoms. The quantitative estimate of drug-likeness (QED) is 0.215. The summed E-state index contributed by atoms with van der Waals surface area (Å²) in [5.74, 6) is -3.34. The van der Waals surface area contributed by atoms with E-state index in [9.17, 15) is 14.3 Å². The predicted octanol–water partition coefficient (Wildman–Crippen LogP) is 5.84. The lowest BCUT2D eigenvalue weighted by Gasteiger charge is -2.28. The van der Waals surface area contributed by atoms with Crippen LogP contribution < -0.4 is 9.47 Å². The Bertz CT molecular complexity index is 1890. The molecule has 5 aromatic rings. The molecule has 3 aromatic heterocycles. The summed E-state index contributed by atoms with van der Waals surface area (Å²) in [7, 11) is 1.44. The van der Waals surface area contributed by atoms with Gasteiger partial charge in [-0.25, -0.2) is 27.9 Å². The fourth-order valence-electron chi connectivity index (χ4n) is 5.20. The van der Waals surface area contributed by atoms with Crippen LogP contribution in [0.5, 0.6) is 11.1 Å². The number of pyridine rings is 1. The highest BCUT2D eigenvalue weighted by Gasteiger charge is 2.39. The second-order valence-electron chi connectivity index (χ2n) is 11.0. The van der Waals surface area contributed by atoms with Gasteiger partial charge in [0.1, 0.15) is 24.1 Å². The van der Waals surface area contributed by atoms with Crippen molar-refractivity contribution >= 4 is 28.3 Å². The third-order valence-electron chi connectivity index (χ3n) is 7.50. The zero-order valence-electron chi connectivity index (χ0n) is 23.8. The number of aromatic nitrogens is 5. The number of rotatable bonds is 9. The molecule has 0 saturated carbocycles. The van der Waals surface area contributed by atoms with Crippen molar-refractivity contribution in [1.82, 2.24) is 24.7 Å². The first kappa shape index (κ1) is 29.5. The van der Waals surface area contributed by atoms with Crippen LogP contribution in [-0.2, 0) is 17.8 Å². The smallest absolute Gasteiger partial charge is 0.335 e. The predicted molar refractivity (Wildman–Crippen MR) is 153 cm³/mol. The molecule has 0 spiro atoms. The number of nitrogens with zero attached hydrogens (tertiary/aromatic N) is 5. The number of fused-ring (bicyclic) bond motifs is 1. The molecule has 228 valence electrons. The summed E-state index contributed by atoms with van der Waals surface area (Å²) in [6.07, 6.45) is -0.0801. The van der Waals surface area contributed by atoms with E-state index in [0.29, 0.717) is 40.3 Å². The standard InChI is InChI=1S/C30H26F3N5O5S/c1-30(2)14-42-12-24(30)38-23-9-15(28(39)40)4-6-22(23)34-25(38)10-16-8-20(33)17(11-19(16)32)21-7-5-18(31)27(35-21)43-13-26-36-37-29(41-3)44-26/h4-9,11,24H,10,12-14H2,1-3H3,(H,39,40)/t24-/m1/s1. The number of ether oxygens (including phenoxy) is 3. The zero-order valence-corrected chi connectivity index (χ0v) is 24.6. The van der Waals surface area contributed by atoms with Crippen molar-refractivity contribution in [3.05, 3.63) is 81.9 Å². The number of carbonyl (C=O) groups is 1. The van der Waals surface area contributed by atoms with Gasteiger partial charge < -0.3 is 23.9 Å². The molecule has 0 unspecified atom stereocenters. The summed E-state index contributed by atoms with van der Waals surface area (Å²) in [4.78, 5) is 20.5. The van der Waals surface area contributed by atoms with E-state index in [-0.39, 0.29) is 46.9 Å². The number of halogens is 3. The number of carboxylic acid groups (broad SMARTS) is 1. The van der Waals surface area contributed by atoms with Gasteiger partial charge in [0.25, 0.3) is 11.1 Å². The maximum Gasteiger partial charge on any atom is 0.335 e. The number of carboxylic acids is 1. The third-order valence-corrected chi connectivity index (χ3v) is 8.36. The van der Waals surface area contributed by atoms with E-state index in [1.54, 1.807) is 6.07 Å². The molecule has 1 saturated heterocycles. The Kier molecular flexibility index (Phi) is 7.72. The minimum atomic E-state index is -1.09. The Hall–Kier alpha value is -4.56. The molecule has 44 heavy (non-hydrogen) atoms. The molecule has 10 nitrogen and oxygen atoms in total. The van der Waals surface area contributed by atoms with E-state index in [1.807, 2.05) is 18.4 Å². The molecule has 1 atom stereocenters. The number of hydrogen-bond acceptors (Lipinski definition) is 9. The lowest BCUT2D eigenvalue weighted by Crippen LogP contribution is -2.27. The van der Waals surface area contributed by atoms with Gasteiger partial charge in [-0.05, 0) is 48.0 Å². The van der Waals surface area contributed by atoms with Crippen LogP contribution in [0.4, 0.5) is 13.2 Å². The van der Waals surface area contributed by atoms with E-state index < -0.39 is 29.3 Å². The van der Waals surface area contributed by atoms with Gasteiger partial charge in [0.05, 0.1) is 48.7 Å². The van der Waals surface area contributed by atoms with Crippen molar-refractivity contribution in [2.45, 2.75) is 32.9 Å². The molecular weight excluding hydrogens is 599 g/mol. The van der Waals surface area contributed by atoms with Crippen LogP contribution in [0.2, 0.25) is 0 Å². The summed E-state index contributed by atoms with van der Waals surface area (Å²) < 4.78 is 63.6. The van der Waals surface area contributed by atoms with Gasteiger partial charge in [-0.15, -0.1) is 5.10 Å². The van der Waals surface area contributed by atoms with E-state index in [2.05, 4.69) is 20.2 Å². The molecule has 1 fully saturated rings. The molecular formula is C30H26F3N5O5S. The average Bonchev–Trinajstić information content (AvgIpc) is 3.69. The number of aromatic carboxylic acids is 1. The van der Waals surface area contributed by atoms with Gasteiger partial charge in [-0.3, -0.25) is 0 Å². The van der Waals surface area contributed by atoms with Crippen molar-refractivity contribution in [2.24, 2.45) is 5.41 Å². The number of imidazole rings is 1. The fourth-order valence-corrected chi connectivity index (χ4v) is 5.77. The van der Waals surface area contributed by atoms with Crippen LogP contribution in [-0.4, -0.2) is 56.1 Å². The summed E-state index contributed by atoms with van der Waals surface area (Å²) in [5.41, 5.74) is 0.668. The first-order valence-electron chi connectivity index (χ1n) is 13.5. The minimum absolute atomic E-state index is 0.0294. The van der Waals surface area contributed by atoms with Crippen LogP contribution >= 0.6 is 11.3 Å². The molecule has 0 amide bonds. The maximum atomic E-state index is 15.6. The average molecular weight is 626 g/mol. The lowest BCUT2D eigenvalue weighted by molar-refractivity contribution is 0.0697. The van der Waals surface area contributed by atoms with Crippen molar-refractivity contribution in [1.29, 1.82) is 0 Å². The lowest BCUT2D eigenvalue weighted by atomic mass is 9.87. The van der Waals surface area contributed by atoms with E-state index in [0.717, 1.165) is 29.5 Å². The van der Waals surface area contributed by atoms with E-state index in [1.165, 1.54) is 25.3 Å². The van der Waals surface area contributed by atoms with Crippen molar-refractivity contribution in [3.63, 3.8) is 0 Å². The number of hydrogen-bond donors (Lipinski definition) is 1. The van der Waals surface area contributed by atoms with Crippen molar-refractivity contribution in [3.8, 4) is 22.3 Å². The van der Waals surface area contributed by atoms with Gasteiger partial charge in [0.15, 0.2) is 10.8 Å². The monoisotopic (exact) mass is 625 g/mol. The Labute approximate surface area is 253 Å². The SMILES string of the molecule is COc1nnc(COc2nc(-c3cc(F)c(Cc4nc5ccc(C(=O)O)cc5n4[C@@H]4COCC4(C)C)cc3F)ccc2F)s1. The normalized spacial score (nSPS) is 16.0. The maximum absolute atomic E-state index is 15.6. The number of benzene rings is 2. The molecule has 1 aliphatic rings. The largest absolute Gasteiger partial charge is 0.478 e.